The number of anilines is 2. The molecule has 9 heteroatoms. The van der Waals surface area contributed by atoms with E-state index in [0.717, 1.165) is 24.3 Å². The van der Waals surface area contributed by atoms with Crippen molar-refractivity contribution in [3.8, 4) is 11.3 Å². The van der Waals surface area contributed by atoms with Crippen molar-refractivity contribution in [3.05, 3.63) is 72.4 Å². The van der Waals surface area contributed by atoms with Crippen LogP contribution in [0, 0.1) is 0 Å². The summed E-state index contributed by atoms with van der Waals surface area (Å²) in [5.41, 5.74) is 4.12. The van der Waals surface area contributed by atoms with Gasteiger partial charge in [0.1, 0.15) is 0 Å². The van der Waals surface area contributed by atoms with E-state index in [2.05, 4.69) is 15.3 Å². The fourth-order valence-corrected chi connectivity index (χ4v) is 4.30. The number of fused-ring (bicyclic) bond motifs is 1. The molecule has 5 rings (SSSR count). The second kappa shape index (κ2) is 10.8. The molecule has 37 heavy (non-hydrogen) atoms. The van der Waals surface area contributed by atoms with E-state index in [9.17, 15) is 9.59 Å². The first kappa shape index (κ1) is 24.5. The van der Waals surface area contributed by atoms with E-state index < -0.39 is 18.5 Å². The largest absolute Gasteiger partial charge is 0.452 e. The van der Waals surface area contributed by atoms with Crippen molar-refractivity contribution in [1.29, 1.82) is 0 Å². The van der Waals surface area contributed by atoms with Crippen molar-refractivity contribution in [2.45, 2.75) is 19.9 Å². The Labute approximate surface area is 215 Å². The molecule has 9 nitrogen and oxygen atoms in total. The summed E-state index contributed by atoms with van der Waals surface area (Å²) in [6, 6.07) is 18.9. The minimum atomic E-state index is -0.606. The number of esters is 1. The first-order chi connectivity index (χ1) is 18.0. The van der Waals surface area contributed by atoms with Crippen LogP contribution in [-0.2, 0) is 14.3 Å². The van der Waals surface area contributed by atoms with Gasteiger partial charge in [-0.15, -0.1) is 0 Å². The highest BCUT2D eigenvalue weighted by Crippen LogP contribution is 2.27. The zero-order valence-electron chi connectivity index (χ0n) is 20.9. The Kier molecular flexibility index (Phi) is 7.14. The maximum absolute atomic E-state index is 13.1. The highest BCUT2D eigenvalue weighted by atomic mass is 16.5. The van der Waals surface area contributed by atoms with Gasteiger partial charge in [0.2, 0.25) is 0 Å². The number of nitrogens with zero attached hydrogens (tertiary/aromatic N) is 4. The van der Waals surface area contributed by atoms with Crippen LogP contribution in [0.5, 0.6) is 0 Å². The molecule has 1 fully saturated rings. The Hall–Kier alpha value is -4.24. The normalized spacial score (nSPS) is 13.6. The molecule has 0 saturated carbocycles. The number of carbonyl (C=O) groups excluding carboxylic acids is 2. The molecule has 190 valence electrons. The third-order valence-electron chi connectivity index (χ3n) is 6.21. The van der Waals surface area contributed by atoms with Crippen molar-refractivity contribution < 1.29 is 19.1 Å². The Morgan fingerprint density at radius 3 is 2.49 bits per heavy atom. The molecule has 1 aliphatic heterocycles. The summed E-state index contributed by atoms with van der Waals surface area (Å²) in [4.78, 5) is 32.6. The number of pyridine rings is 1. The van der Waals surface area contributed by atoms with E-state index in [0.29, 0.717) is 41.2 Å². The quantitative estimate of drug-likeness (QED) is 0.378. The highest BCUT2D eigenvalue weighted by molar-refractivity contribution is 6.04. The lowest BCUT2D eigenvalue weighted by Gasteiger charge is -2.28. The highest BCUT2D eigenvalue weighted by Gasteiger charge is 2.20. The molecule has 0 aliphatic carbocycles. The second-order valence-electron chi connectivity index (χ2n) is 9.11. The second-order valence-corrected chi connectivity index (χ2v) is 9.11. The van der Waals surface area contributed by atoms with E-state index in [1.807, 2.05) is 68.4 Å². The lowest BCUT2D eigenvalue weighted by Crippen LogP contribution is -2.36. The van der Waals surface area contributed by atoms with Crippen molar-refractivity contribution in [3.63, 3.8) is 0 Å². The molecule has 0 unspecified atom stereocenters. The lowest BCUT2D eigenvalue weighted by atomic mass is 10.1. The molecule has 0 bridgehead atoms. The van der Waals surface area contributed by atoms with Gasteiger partial charge in [0.25, 0.3) is 5.91 Å². The maximum Gasteiger partial charge on any atom is 0.339 e. The average molecular weight is 500 g/mol. The smallest absolute Gasteiger partial charge is 0.339 e. The molecule has 1 saturated heterocycles. The number of ether oxygens (including phenoxy) is 2. The number of aromatic nitrogens is 3. The fraction of sp³-hybridized carbons (Fsp3) is 0.286. The van der Waals surface area contributed by atoms with Gasteiger partial charge in [0.05, 0.1) is 36.1 Å². The molecule has 1 N–H and O–H groups in total. The number of carbonyl (C=O) groups is 2. The summed E-state index contributed by atoms with van der Waals surface area (Å²) in [7, 11) is 0. The van der Waals surface area contributed by atoms with Gasteiger partial charge in [-0.25, -0.2) is 14.5 Å². The number of rotatable bonds is 7. The zero-order valence-corrected chi connectivity index (χ0v) is 20.9. The Bertz CT molecular complexity index is 1390. The third kappa shape index (κ3) is 5.46. The molecular formula is C28H29N5O4. The van der Waals surface area contributed by atoms with Gasteiger partial charge in [-0.1, -0.05) is 30.3 Å². The molecule has 1 aliphatic rings. The number of morpholine rings is 1. The third-order valence-corrected chi connectivity index (χ3v) is 6.21. The summed E-state index contributed by atoms with van der Waals surface area (Å²) in [5, 5.41) is 7.79. The monoisotopic (exact) mass is 499 g/mol. The van der Waals surface area contributed by atoms with Gasteiger partial charge >= 0.3 is 5.97 Å². The molecule has 3 heterocycles. The Morgan fingerprint density at radius 2 is 1.78 bits per heavy atom. The topological polar surface area (TPSA) is 98.6 Å². The zero-order chi connectivity index (χ0) is 25.8. The summed E-state index contributed by atoms with van der Waals surface area (Å²) < 4.78 is 12.6. The van der Waals surface area contributed by atoms with Crippen LogP contribution in [0.2, 0.25) is 0 Å². The Balaban J connectivity index is 1.29. The molecule has 0 radical (unpaired) electrons. The van der Waals surface area contributed by atoms with Gasteiger partial charge in [-0.2, -0.15) is 5.10 Å². The molecule has 0 spiro atoms. The molecular weight excluding hydrogens is 470 g/mol. The lowest BCUT2D eigenvalue weighted by molar-refractivity contribution is -0.119. The van der Waals surface area contributed by atoms with E-state index in [-0.39, 0.29) is 6.04 Å². The molecule has 1 amide bonds. The van der Waals surface area contributed by atoms with Crippen LogP contribution in [0.25, 0.3) is 22.3 Å². The van der Waals surface area contributed by atoms with Crippen molar-refractivity contribution in [2.24, 2.45) is 0 Å². The minimum absolute atomic E-state index is 0.0558. The van der Waals surface area contributed by atoms with E-state index in [1.165, 1.54) is 0 Å². The van der Waals surface area contributed by atoms with Crippen LogP contribution >= 0.6 is 0 Å². The van der Waals surface area contributed by atoms with Crippen LogP contribution in [-0.4, -0.2) is 59.6 Å². The van der Waals surface area contributed by atoms with Crippen LogP contribution in [0.15, 0.2) is 66.9 Å². The predicted molar refractivity (Wildman–Crippen MR) is 142 cm³/mol. The molecule has 2 aromatic carbocycles. The van der Waals surface area contributed by atoms with Crippen molar-refractivity contribution in [1.82, 2.24) is 14.8 Å². The van der Waals surface area contributed by atoms with Crippen LogP contribution in [0.4, 0.5) is 11.4 Å². The van der Waals surface area contributed by atoms with Crippen molar-refractivity contribution in [2.75, 3.05) is 43.1 Å². The van der Waals surface area contributed by atoms with Gasteiger partial charge in [0, 0.05) is 36.1 Å². The number of benzene rings is 2. The average Bonchev–Trinajstić information content (AvgIpc) is 3.37. The van der Waals surface area contributed by atoms with E-state index in [1.54, 1.807) is 16.9 Å². The number of hydrogen-bond acceptors (Lipinski definition) is 7. The van der Waals surface area contributed by atoms with Crippen molar-refractivity contribution >= 4 is 34.3 Å². The molecule has 4 aromatic rings. The molecule has 2 aromatic heterocycles. The maximum atomic E-state index is 13.1. The minimum Gasteiger partial charge on any atom is -0.452 e. The standard InChI is InChI=1S/C28H29N5O4/c1-19(2)33-27-24(17-29-33)23(16-25(31-27)20-6-4-3-5-7-20)28(35)37-18-26(34)30-21-8-10-22(11-9-21)32-12-14-36-15-13-32/h3-11,16-17,19H,12-15,18H2,1-2H3,(H,30,34). The van der Waals surface area contributed by atoms with E-state index in [4.69, 9.17) is 14.5 Å². The summed E-state index contributed by atoms with van der Waals surface area (Å²) in [6.45, 7) is 6.68. The number of hydrogen-bond donors (Lipinski definition) is 1. The van der Waals surface area contributed by atoms with Crippen LogP contribution in [0.3, 0.4) is 0 Å². The van der Waals surface area contributed by atoms with Gasteiger partial charge in [-0.3, -0.25) is 4.79 Å². The predicted octanol–water partition coefficient (Wildman–Crippen LogP) is 4.31. The fourth-order valence-electron chi connectivity index (χ4n) is 4.30. The summed E-state index contributed by atoms with van der Waals surface area (Å²) in [6.07, 6.45) is 1.61. The van der Waals surface area contributed by atoms with Crippen LogP contribution < -0.4 is 10.2 Å². The molecule has 0 atom stereocenters. The van der Waals surface area contributed by atoms with Gasteiger partial charge in [-0.05, 0) is 44.2 Å². The summed E-state index contributed by atoms with van der Waals surface area (Å²) in [5.74, 6) is -1.02. The van der Waals surface area contributed by atoms with Crippen LogP contribution in [0.1, 0.15) is 30.2 Å². The summed E-state index contributed by atoms with van der Waals surface area (Å²) >= 11 is 0. The number of amides is 1. The SMILES string of the molecule is CC(C)n1ncc2c(C(=O)OCC(=O)Nc3ccc(N4CCOCC4)cc3)cc(-c3ccccc3)nc21. The van der Waals surface area contributed by atoms with E-state index >= 15 is 0 Å². The number of nitrogens with one attached hydrogen (secondary N) is 1. The first-order valence-electron chi connectivity index (χ1n) is 12.3. The first-order valence-corrected chi connectivity index (χ1v) is 12.3. The van der Waals surface area contributed by atoms with Gasteiger partial charge in [0.15, 0.2) is 12.3 Å². The Morgan fingerprint density at radius 1 is 1.05 bits per heavy atom. The van der Waals surface area contributed by atoms with Gasteiger partial charge < -0.3 is 19.7 Å².